The Kier molecular flexibility index (Phi) is 5.90. The van der Waals surface area contributed by atoms with Crippen molar-refractivity contribution < 1.29 is 9.90 Å². The Bertz CT molecular complexity index is 785. The molecule has 0 aliphatic rings. The van der Waals surface area contributed by atoms with Crippen LogP contribution in [0.15, 0.2) is 42.2 Å². The lowest BCUT2D eigenvalue weighted by Gasteiger charge is -2.16. The van der Waals surface area contributed by atoms with E-state index in [2.05, 4.69) is 34.4 Å². The van der Waals surface area contributed by atoms with Crippen LogP contribution in [0.5, 0.6) is 0 Å². The van der Waals surface area contributed by atoms with Gasteiger partial charge in [0.25, 0.3) is 6.47 Å². The Morgan fingerprint density at radius 1 is 1.35 bits per heavy atom. The molecule has 0 saturated heterocycles. The van der Waals surface area contributed by atoms with Gasteiger partial charge in [-0.3, -0.25) is 9.78 Å². The lowest BCUT2D eigenvalue weighted by Crippen LogP contribution is -2.09. The third kappa shape index (κ3) is 3.97. The topological polar surface area (TPSA) is 68.0 Å². The van der Waals surface area contributed by atoms with Crippen LogP contribution in [-0.4, -0.2) is 26.1 Å². The number of imidazole rings is 1. The summed E-state index contributed by atoms with van der Waals surface area (Å²) in [6.45, 7) is 3.94. The molecule has 0 fully saturated rings. The Hall–Kier alpha value is -2.18. The fourth-order valence-electron chi connectivity index (χ4n) is 2.19. The molecule has 5 nitrogen and oxygen atoms in total. The minimum atomic E-state index is -0.250. The molecular formula is C16H16ClN3O2S. The van der Waals surface area contributed by atoms with Gasteiger partial charge in [0.2, 0.25) is 0 Å². The van der Waals surface area contributed by atoms with E-state index in [1.165, 1.54) is 5.56 Å². The number of nitrogens with zero attached hydrogens (tertiary/aromatic N) is 3. The van der Waals surface area contributed by atoms with Crippen molar-refractivity contribution in [2.45, 2.75) is 19.9 Å². The van der Waals surface area contributed by atoms with E-state index in [4.69, 9.17) is 21.5 Å². The molecule has 0 amide bonds. The van der Waals surface area contributed by atoms with Gasteiger partial charge in [0.05, 0.1) is 21.6 Å². The molecule has 0 radical (unpaired) electrons. The number of rotatable bonds is 3. The lowest BCUT2D eigenvalue weighted by molar-refractivity contribution is -0.122. The zero-order valence-corrected chi connectivity index (χ0v) is 14.3. The van der Waals surface area contributed by atoms with Gasteiger partial charge in [-0.15, -0.1) is 11.3 Å². The second-order valence-corrected chi connectivity index (χ2v) is 6.12. The number of aromatic nitrogens is 3. The molecule has 1 unspecified atom stereocenters. The second-order valence-electron chi connectivity index (χ2n) is 4.80. The summed E-state index contributed by atoms with van der Waals surface area (Å²) in [5, 5.41) is 9.61. The lowest BCUT2D eigenvalue weighted by atomic mass is 10.1. The fourth-order valence-corrected chi connectivity index (χ4v) is 3.33. The van der Waals surface area contributed by atoms with E-state index >= 15 is 0 Å². The van der Waals surface area contributed by atoms with Crippen molar-refractivity contribution in [2.75, 3.05) is 0 Å². The molecule has 0 saturated carbocycles. The normalized spacial score (nSPS) is 11.4. The van der Waals surface area contributed by atoms with Crippen LogP contribution in [0.3, 0.4) is 0 Å². The molecule has 0 aliphatic heterocycles. The molecule has 0 spiro atoms. The highest BCUT2D eigenvalue weighted by molar-refractivity contribution is 7.14. The zero-order chi connectivity index (χ0) is 16.8. The number of thiophene rings is 1. The maximum Gasteiger partial charge on any atom is 0.290 e. The minimum Gasteiger partial charge on any atom is -0.483 e. The van der Waals surface area contributed by atoms with Gasteiger partial charge in [-0.2, -0.15) is 0 Å². The van der Waals surface area contributed by atoms with Gasteiger partial charge < -0.3 is 9.67 Å². The van der Waals surface area contributed by atoms with Crippen LogP contribution in [0.25, 0.3) is 10.7 Å². The van der Waals surface area contributed by atoms with Gasteiger partial charge >= 0.3 is 0 Å². The summed E-state index contributed by atoms with van der Waals surface area (Å²) in [6, 6.07) is 6.12. The summed E-state index contributed by atoms with van der Waals surface area (Å²) in [7, 11) is 0. The smallest absolute Gasteiger partial charge is 0.290 e. The number of hydrogen-bond acceptors (Lipinski definition) is 4. The van der Waals surface area contributed by atoms with Crippen molar-refractivity contribution in [1.29, 1.82) is 0 Å². The number of carbonyl (C=O) groups is 1. The highest BCUT2D eigenvalue weighted by Gasteiger charge is 2.17. The van der Waals surface area contributed by atoms with E-state index in [1.807, 2.05) is 29.9 Å². The molecule has 0 bridgehead atoms. The van der Waals surface area contributed by atoms with E-state index in [-0.39, 0.29) is 12.5 Å². The van der Waals surface area contributed by atoms with E-state index < -0.39 is 0 Å². The summed E-state index contributed by atoms with van der Waals surface area (Å²) in [5.74, 6) is 0.890. The summed E-state index contributed by atoms with van der Waals surface area (Å²) < 4.78 is 2.11. The quantitative estimate of drug-likeness (QED) is 0.716. The predicted molar refractivity (Wildman–Crippen MR) is 92.0 cm³/mol. The van der Waals surface area contributed by atoms with Crippen molar-refractivity contribution in [3.8, 4) is 10.7 Å². The summed E-state index contributed by atoms with van der Waals surface area (Å²) in [6.07, 6.45) is 5.62. The van der Waals surface area contributed by atoms with E-state index in [9.17, 15) is 0 Å². The molecule has 3 heterocycles. The van der Waals surface area contributed by atoms with Crippen molar-refractivity contribution in [1.82, 2.24) is 14.5 Å². The molecule has 1 N–H and O–H groups in total. The largest absolute Gasteiger partial charge is 0.483 e. The Labute approximate surface area is 143 Å². The number of pyridine rings is 1. The highest BCUT2D eigenvalue weighted by atomic mass is 35.5. The first-order valence-corrected chi connectivity index (χ1v) is 8.10. The molecule has 23 heavy (non-hydrogen) atoms. The van der Waals surface area contributed by atoms with Gasteiger partial charge in [-0.05, 0) is 43.0 Å². The third-order valence-corrected chi connectivity index (χ3v) is 4.61. The number of hydrogen-bond donors (Lipinski definition) is 1. The van der Waals surface area contributed by atoms with E-state index in [0.29, 0.717) is 0 Å². The third-order valence-electron chi connectivity index (χ3n) is 3.27. The number of carboxylic acid groups (broad SMARTS) is 1. The minimum absolute atomic E-state index is 0.116. The zero-order valence-electron chi connectivity index (χ0n) is 12.7. The van der Waals surface area contributed by atoms with E-state index in [0.717, 1.165) is 21.4 Å². The van der Waals surface area contributed by atoms with E-state index in [1.54, 1.807) is 17.5 Å². The predicted octanol–water partition coefficient (Wildman–Crippen LogP) is 4.28. The first-order valence-electron chi connectivity index (χ1n) is 6.85. The van der Waals surface area contributed by atoms with Gasteiger partial charge in [-0.25, -0.2) is 4.98 Å². The van der Waals surface area contributed by atoms with Crippen LogP contribution < -0.4 is 0 Å². The number of halogens is 1. The fraction of sp³-hybridized carbons (Fsp3) is 0.188. The van der Waals surface area contributed by atoms with Crippen LogP contribution in [0, 0.1) is 6.92 Å². The highest BCUT2D eigenvalue weighted by Crippen LogP contribution is 2.34. The Morgan fingerprint density at radius 3 is 2.70 bits per heavy atom. The summed E-state index contributed by atoms with van der Waals surface area (Å²) >= 11 is 7.82. The molecule has 120 valence electrons. The second kappa shape index (κ2) is 7.89. The van der Waals surface area contributed by atoms with Crippen molar-refractivity contribution in [3.05, 3.63) is 58.4 Å². The maximum absolute atomic E-state index is 8.36. The molecule has 3 aromatic heterocycles. The van der Waals surface area contributed by atoms with Gasteiger partial charge in [-0.1, -0.05) is 11.6 Å². The van der Waals surface area contributed by atoms with Gasteiger partial charge in [0.1, 0.15) is 0 Å². The monoisotopic (exact) mass is 349 g/mol. The van der Waals surface area contributed by atoms with Crippen LogP contribution in [-0.2, 0) is 4.79 Å². The maximum atomic E-state index is 8.36. The van der Waals surface area contributed by atoms with Crippen molar-refractivity contribution >= 4 is 29.4 Å². The first-order chi connectivity index (χ1) is 11.1. The van der Waals surface area contributed by atoms with Gasteiger partial charge in [0.15, 0.2) is 5.82 Å². The van der Waals surface area contributed by atoms with Crippen LogP contribution >= 0.6 is 22.9 Å². The number of aryl methyl sites for hydroxylation is 1. The molecule has 3 rings (SSSR count). The molecule has 7 heteroatoms. The molecule has 1 atom stereocenters. The van der Waals surface area contributed by atoms with Crippen molar-refractivity contribution in [3.63, 3.8) is 0 Å². The average molecular weight is 350 g/mol. The van der Waals surface area contributed by atoms with Crippen LogP contribution in [0.2, 0.25) is 5.02 Å². The standard InChI is InChI=1S/C15H14ClN3S.CH2O2/c1-10-3-5-17-13(9-10)11(2)19-7-6-18-15(19)14-12(16)4-8-20-14;2-1-3/h3-9,11H,1-2H3;1H,(H,2,3). The summed E-state index contributed by atoms with van der Waals surface area (Å²) in [5.41, 5.74) is 2.23. The molecule has 0 aliphatic carbocycles. The summed E-state index contributed by atoms with van der Waals surface area (Å²) in [4.78, 5) is 18.3. The van der Waals surface area contributed by atoms with Crippen molar-refractivity contribution in [2.24, 2.45) is 0 Å². The SMILES string of the molecule is Cc1ccnc(C(C)n2ccnc2-c2sccc2Cl)c1.O=CO. The first kappa shape index (κ1) is 17.2. The Morgan fingerprint density at radius 2 is 2.09 bits per heavy atom. The Balaban J connectivity index is 0.000000595. The molecular weight excluding hydrogens is 334 g/mol. The molecule has 0 aromatic carbocycles. The molecule has 3 aromatic rings. The average Bonchev–Trinajstić information content (AvgIpc) is 3.15. The van der Waals surface area contributed by atoms with Crippen LogP contribution in [0.1, 0.15) is 24.2 Å². The van der Waals surface area contributed by atoms with Crippen LogP contribution in [0.4, 0.5) is 0 Å². The van der Waals surface area contributed by atoms with Gasteiger partial charge in [0, 0.05) is 18.6 Å².